The molecule has 0 radical (unpaired) electrons. The fraction of sp³-hybridized carbons (Fsp3) is 0.421. The van der Waals surface area contributed by atoms with Crippen molar-refractivity contribution in [2.75, 3.05) is 75.4 Å². The smallest absolute Gasteiger partial charge is 0.127 e. The summed E-state index contributed by atoms with van der Waals surface area (Å²) in [4.78, 5) is 4.88. The zero-order valence-corrected chi connectivity index (χ0v) is 26.7. The van der Waals surface area contributed by atoms with Crippen molar-refractivity contribution in [1.82, 2.24) is 10.6 Å². The maximum atomic E-state index is 6.36. The number of nitrogens with one attached hydrogen (secondary N) is 2. The number of benzene rings is 3. The van der Waals surface area contributed by atoms with Crippen molar-refractivity contribution in [3.8, 4) is 11.5 Å². The Morgan fingerprint density at radius 1 is 0.568 bits per heavy atom. The summed E-state index contributed by atoms with van der Waals surface area (Å²) in [6, 6.07) is 22.0. The topological polar surface area (TPSA) is 49.0 Å². The fourth-order valence-electron chi connectivity index (χ4n) is 5.57. The van der Waals surface area contributed by atoms with Crippen molar-refractivity contribution in [3.05, 3.63) is 82.9 Å². The lowest BCUT2D eigenvalue weighted by molar-refractivity contribution is 0.300. The summed E-state index contributed by atoms with van der Waals surface area (Å²) in [6.45, 7) is 14.2. The Hall–Kier alpha value is -3.74. The van der Waals surface area contributed by atoms with Crippen molar-refractivity contribution in [1.29, 1.82) is 0 Å². The van der Waals surface area contributed by atoms with Gasteiger partial charge in [-0.25, -0.2) is 0 Å². The van der Waals surface area contributed by atoms with Crippen LogP contribution in [0.15, 0.2) is 60.7 Å². The number of ether oxygens (including phenoxy) is 2. The first-order chi connectivity index (χ1) is 21.7. The molecule has 3 aromatic rings. The van der Waals surface area contributed by atoms with Crippen LogP contribution >= 0.6 is 0 Å². The molecule has 0 aromatic heterocycles. The molecule has 3 aromatic carbocycles. The highest BCUT2D eigenvalue weighted by Gasteiger charge is 2.13. The van der Waals surface area contributed by atoms with E-state index in [1.807, 2.05) is 0 Å². The van der Waals surface area contributed by atoms with Crippen LogP contribution in [0.25, 0.3) is 24.3 Å². The zero-order chi connectivity index (χ0) is 30.4. The summed E-state index contributed by atoms with van der Waals surface area (Å²) < 4.78 is 12.7. The standard InChI is InChI=1S/C38H50N4O2/c1-3-5-27-43-37-29-34(14-8-32-11-17-36(18-12-32)42-25-21-40-22-26-42)38(44-28-6-4-2)30-33(37)13-7-31-9-15-35(16-10-31)41-23-19-39-20-24-41/h7-18,29-30,39-40H,3-6,19-28H2,1-2H3/b13-7+,14-8+. The average molecular weight is 595 g/mol. The van der Waals surface area contributed by atoms with E-state index in [0.29, 0.717) is 13.2 Å². The molecule has 6 heteroatoms. The maximum Gasteiger partial charge on any atom is 0.127 e. The van der Waals surface area contributed by atoms with Gasteiger partial charge in [0.2, 0.25) is 0 Å². The molecule has 2 heterocycles. The van der Waals surface area contributed by atoms with Crippen LogP contribution in [-0.4, -0.2) is 65.6 Å². The Labute approximate surface area is 264 Å². The molecule has 234 valence electrons. The number of hydrogen-bond donors (Lipinski definition) is 2. The lowest BCUT2D eigenvalue weighted by Crippen LogP contribution is -2.43. The number of unbranched alkanes of at least 4 members (excludes halogenated alkanes) is 2. The summed E-state index contributed by atoms with van der Waals surface area (Å²) in [6.07, 6.45) is 12.9. The number of rotatable bonds is 14. The van der Waals surface area contributed by atoms with Crippen LogP contribution in [-0.2, 0) is 0 Å². The van der Waals surface area contributed by atoms with Gasteiger partial charge in [0.05, 0.1) is 13.2 Å². The van der Waals surface area contributed by atoms with Gasteiger partial charge in [-0.1, -0.05) is 75.3 Å². The summed E-state index contributed by atoms with van der Waals surface area (Å²) in [5.41, 5.74) is 6.99. The Balaban J connectivity index is 1.37. The lowest BCUT2D eigenvalue weighted by atomic mass is 10.0. The van der Waals surface area contributed by atoms with E-state index in [4.69, 9.17) is 9.47 Å². The predicted octanol–water partition coefficient (Wildman–Crippen LogP) is 7.20. The SMILES string of the molecule is CCCCOc1cc(/C=C/c2ccc(N3CCNCC3)cc2)c(OCCCC)cc1/C=C/c1ccc(N2CCNCC2)cc1. The van der Waals surface area contributed by atoms with Gasteiger partial charge in [-0.3, -0.25) is 0 Å². The van der Waals surface area contributed by atoms with Crippen LogP contribution in [0.4, 0.5) is 11.4 Å². The van der Waals surface area contributed by atoms with E-state index < -0.39 is 0 Å². The van der Waals surface area contributed by atoms with Gasteiger partial charge in [-0.05, 0) is 60.4 Å². The molecule has 2 saturated heterocycles. The van der Waals surface area contributed by atoms with Crippen LogP contribution in [0, 0.1) is 0 Å². The molecule has 0 spiro atoms. The third-order valence-corrected chi connectivity index (χ3v) is 8.31. The van der Waals surface area contributed by atoms with Crippen LogP contribution in [0.2, 0.25) is 0 Å². The molecule has 2 N–H and O–H groups in total. The monoisotopic (exact) mass is 594 g/mol. The first-order valence-corrected chi connectivity index (χ1v) is 16.6. The van der Waals surface area contributed by atoms with E-state index >= 15 is 0 Å². The predicted molar refractivity (Wildman–Crippen MR) is 188 cm³/mol. The van der Waals surface area contributed by atoms with Crippen molar-refractivity contribution in [3.63, 3.8) is 0 Å². The number of piperazine rings is 2. The molecule has 2 fully saturated rings. The molecule has 0 saturated carbocycles. The Bertz CT molecular complexity index is 1230. The van der Waals surface area contributed by atoms with Crippen molar-refractivity contribution >= 4 is 35.7 Å². The second-order valence-electron chi connectivity index (χ2n) is 11.7. The fourth-order valence-corrected chi connectivity index (χ4v) is 5.57. The minimum Gasteiger partial charge on any atom is -0.493 e. The van der Waals surface area contributed by atoms with E-state index in [-0.39, 0.29) is 0 Å². The molecule has 2 aliphatic rings. The normalized spacial score (nSPS) is 15.8. The van der Waals surface area contributed by atoms with Crippen LogP contribution in [0.5, 0.6) is 11.5 Å². The largest absolute Gasteiger partial charge is 0.493 e. The van der Waals surface area contributed by atoms with E-state index in [1.54, 1.807) is 0 Å². The average Bonchev–Trinajstić information content (AvgIpc) is 3.08. The van der Waals surface area contributed by atoms with E-state index in [1.165, 1.54) is 22.5 Å². The molecule has 0 atom stereocenters. The van der Waals surface area contributed by atoms with Crippen molar-refractivity contribution in [2.45, 2.75) is 39.5 Å². The van der Waals surface area contributed by atoms with E-state index in [0.717, 1.165) is 101 Å². The van der Waals surface area contributed by atoms with Gasteiger partial charge in [0.1, 0.15) is 11.5 Å². The van der Waals surface area contributed by atoms with E-state index in [9.17, 15) is 0 Å². The number of nitrogens with zero attached hydrogens (tertiary/aromatic N) is 2. The second-order valence-corrected chi connectivity index (χ2v) is 11.7. The van der Waals surface area contributed by atoms with E-state index in [2.05, 4.69) is 119 Å². The first kappa shape index (κ1) is 31.7. The molecule has 5 rings (SSSR count). The molecule has 6 nitrogen and oxygen atoms in total. The quantitative estimate of drug-likeness (QED) is 0.152. The van der Waals surface area contributed by atoms with Crippen LogP contribution < -0.4 is 29.9 Å². The van der Waals surface area contributed by atoms with Crippen molar-refractivity contribution in [2.24, 2.45) is 0 Å². The molecule has 0 unspecified atom stereocenters. The highest BCUT2D eigenvalue weighted by molar-refractivity contribution is 5.79. The van der Waals surface area contributed by atoms with Gasteiger partial charge in [0, 0.05) is 74.9 Å². The van der Waals surface area contributed by atoms with Crippen LogP contribution in [0.1, 0.15) is 61.8 Å². The highest BCUT2D eigenvalue weighted by atomic mass is 16.5. The van der Waals surface area contributed by atoms with Gasteiger partial charge in [0.15, 0.2) is 0 Å². The van der Waals surface area contributed by atoms with Gasteiger partial charge >= 0.3 is 0 Å². The summed E-state index contributed by atoms with van der Waals surface area (Å²) in [5, 5.41) is 6.86. The van der Waals surface area contributed by atoms with Gasteiger partial charge in [-0.15, -0.1) is 0 Å². The van der Waals surface area contributed by atoms with Gasteiger partial charge < -0.3 is 29.9 Å². The summed E-state index contributed by atoms with van der Waals surface area (Å²) in [7, 11) is 0. The summed E-state index contributed by atoms with van der Waals surface area (Å²) in [5.74, 6) is 1.78. The third kappa shape index (κ3) is 9.13. The Kier molecular flexibility index (Phi) is 12.2. The maximum absolute atomic E-state index is 6.36. The minimum atomic E-state index is 0.698. The molecule has 0 amide bonds. The highest BCUT2D eigenvalue weighted by Crippen LogP contribution is 2.33. The molecule has 44 heavy (non-hydrogen) atoms. The Morgan fingerprint density at radius 3 is 1.32 bits per heavy atom. The molecule has 2 aliphatic heterocycles. The third-order valence-electron chi connectivity index (χ3n) is 8.31. The second kappa shape index (κ2) is 16.9. The molecular formula is C38H50N4O2. The van der Waals surface area contributed by atoms with Gasteiger partial charge in [-0.2, -0.15) is 0 Å². The minimum absolute atomic E-state index is 0.698. The number of anilines is 2. The first-order valence-electron chi connectivity index (χ1n) is 16.6. The molecule has 0 aliphatic carbocycles. The molecular weight excluding hydrogens is 544 g/mol. The number of hydrogen-bond acceptors (Lipinski definition) is 6. The Morgan fingerprint density at radius 2 is 0.955 bits per heavy atom. The lowest BCUT2D eigenvalue weighted by Gasteiger charge is -2.29. The van der Waals surface area contributed by atoms with Crippen molar-refractivity contribution < 1.29 is 9.47 Å². The summed E-state index contributed by atoms with van der Waals surface area (Å²) >= 11 is 0. The van der Waals surface area contributed by atoms with Crippen LogP contribution in [0.3, 0.4) is 0 Å². The van der Waals surface area contributed by atoms with Gasteiger partial charge in [0.25, 0.3) is 0 Å². The molecule has 0 bridgehead atoms. The zero-order valence-electron chi connectivity index (χ0n) is 26.7.